The maximum Gasteiger partial charge on any atom is 0.290 e. The van der Waals surface area contributed by atoms with Gasteiger partial charge in [0.05, 0.1) is 11.2 Å². The van der Waals surface area contributed by atoms with Gasteiger partial charge in [0.2, 0.25) is 0 Å². The van der Waals surface area contributed by atoms with Crippen LogP contribution < -0.4 is 5.32 Å². The Balaban J connectivity index is 1.94. The molecule has 0 radical (unpaired) electrons. The molecule has 0 unspecified atom stereocenters. The molecule has 6 heteroatoms. The van der Waals surface area contributed by atoms with Crippen LogP contribution in [0.25, 0.3) is 0 Å². The molecule has 0 aliphatic carbocycles. The molecule has 2 rings (SSSR count). The highest BCUT2D eigenvalue weighted by molar-refractivity contribution is 5.44. The van der Waals surface area contributed by atoms with Gasteiger partial charge in [-0.1, -0.05) is 0 Å². The molecule has 2 aromatic heterocycles. The van der Waals surface area contributed by atoms with Crippen LogP contribution in [-0.2, 0) is 6.42 Å². The number of hydrogen-bond acceptors (Lipinski definition) is 5. The van der Waals surface area contributed by atoms with Crippen molar-refractivity contribution >= 4 is 11.5 Å². The van der Waals surface area contributed by atoms with Gasteiger partial charge in [-0.15, -0.1) is 0 Å². The summed E-state index contributed by atoms with van der Waals surface area (Å²) in [6.45, 7) is 2.29. The van der Waals surface area contributed by atoms with E-state index in [1.165, 1.54) is 6.07 Å². The van der Waals surface area contributed by atoms with E-state index in [1.54, 1.807) is 19.3 Å². The number of anilines is 1. The molecule has 0 fully saturated rings. The lowest BCUT2D eigenvalue weighted by Gasteiger charge is -2.05. The molecule has 0 aromatic carbocycles. The first kappa shape index (κ1) is 12.1. The second-order valence-electron chi connectivity index (χ2n) is 3.81. The lowest BCUT2D eigenvalue weighted by Crippen LogP contribution is -2.07. The molecule has 0 saturated carbocycles. The molecule has 6 nitrogen and oxygen atoms in total. The van der Waals surface area contributed by atoms with Crippen molar-refractivity contribution in [3.05, 3.63) is 52.1 Å². The number of aromatic nitrogens is 1. The lowest BCUT2D eigenvalue weighted by molar-refractivity contribution is -0.385. The molecule has 0 saturated heterocycles. The summed E-state index contributed by atoms with van der Waals surface area (Å²) in [5, 5.41) is 13.7. The summed E-state index contributed by atoms with van der Waals surface area (Å²) in [5.74, 6) is 1.52. The maximum atomic E-state index is 10.6. The summed E-state index contributed by atoms with van der Waals surface area (Å²) in [7, 11) is 0. The standard InChI is InChI=1S/C12H13N3O3/c1-9-11(15(16)17)4-5-12(14-9)13-7-6-10-3-2-8-18-10/h2-5,8H,6-7H2,1H3,(H,13,14). The smallest absolute Gasteiger partial charge is 0.290 e. The summed E-state index contributed by atoms with van der Waals surface area (Å²) in [5.41, 5.74) is 0.439. The first-order chi connectivity index (χ1) is 8.66. The van der Waals surface area contributed by atoms with Gasteiger partial charge in [-0.05, 0) is 25.1 Å². The minimum Gasteiger partial charge on any atom is -0.469 e. The van der Waals surface area contributed by atoms with E-state index in [-0.39, 0.29) is 5.69 Å². The second-order valence-corrected chi connectivity index (χ2v) is 3.81. The number of pyridine rings is 1. The number of furan rings is 1. The number of nitro groups is 1. The fourth-order valence-corrected chi connectivity index (χ4v) is 1.61. The third-order valence-electron chi connectivity index (χ3n) is 2.51. The molecule has 0 amide bonds. The van der Waals surface area contributed by atoms with Crippen molar-refractivity contribution in [2.75, 3.05) is 11.9 Å². The van der Waals surface area contributed by atoms with Crippen LogP contribution in [0.1, 0.15) is 11.5 Å². The van der Waals surface area contributed by atoms with Gasteiger partial charge >= 0.3 is 0 Å². The SMILES string of the molecule is Cc1nc(NCCc2ccco2)ccc1[N+](=O)[O-]. The zero-order chi connectivity index (χ0) is 13.0. The van der Waals surface area contributed by atoms with E-state index in [4.69, 9.17) is 4.42 Å². The van der Waals surface area contributed by atoms with Crippen molar-refractivity contribution in [3.63, 3.8) is 0 Å². The van der Waals surface area contributed by atoms with Crippen LogP contribution in [0.15, 0.2) is 34.9 Å². The topological polar surface area (TPSA) is 81.2 Å². The zero-order valence-corrected chi connectivity index (χ0v) is 9.92. The molecular formula is C12H13N3O3. The lowest BCUT2D eigenvalue weighted by atomic mass is 10.3. The van der Waals surface area contributed by atoms with Gasteiger partial charge in [0.1, 0.15) is 17.3 Å². The molecule has 0 aliphatic rings. The van der Waals surface area contributed by atoms with Crippen LogP contribution in [0.4, 0.5) is 11.5 Å². The van der Waals surface area contributed by atoms with Crippen molar-refractivity contribution in [2.24, 2.45) is 0 Å². The van der Waals surface area contributed by atoms with Crippen molar-refractivity contribution in [3.8, 4) is 0 Å². The van der Waals surface area contributed by atoms with E-state index in [0.29, 0.717) is 18.1 Å². The van der Waals surface area contributed by atoms with E-state index in [2.05, 4.69) is 10.3 Å². The fraction of sp³-hybridized carbons (Fsp3) is 0.250. The minimum atomic E-state index is -0.436. The Kier molecular flexibility index (Phi) is 3.57. The van der Waals surface area contributed by atoms with Crippen molar-refractivity contribution in [1.82, 2.24) is 4.98 Å². The monoisotopic (exact) mass is 247 g/mol. The van der Waals surface area contributed by atoms with E-state index >= 15 is 0 Å². The predicted octanol–water partition coefficient (Wildman–Crippen LogP) is 2.55. The summed E-state index contributed by atoms with van der Waals surface area (Å²) in [6, 6.07) is 6.80. The van der Waals surface area contributed by atoms with Gasteiger partial charge in [-0.3, -0.25) is 10.1 Å². The van der Waals surface area contributed by atoms with Gasteiger partial charge in [-0.25, -0.2) is 4.98 Å². The molecule has 94 valence electrons. The molecule has 2 heterocycles. The highest BCUT2D eigenvalue weighted by Crippen LogP contribution is 2.17. The van der Waals surface area contributed by atoms with E-state index < -0.39 is 4.92 Å². The average Bonchev–Trinajstić information content (AvgIpc) is 2.81. The Hall–Kier alpha value is -2.37. The van der Waals surface area contributed by atoms with Gasteiger partial charge in [-0.2, -0.15) is 0 Å². The first-order valence-electron chi connectivity index (χ1n) is 5.55. The van der Waals surface area contributed by atoms with E-state index in [9.17, 15) is 10.1 Å². The van der Waals surface area contributed by atoms with Crippen molar-refractivity contribution in [2.45, 2.75) is 13.3 Å². The Bertz CT molecular complexity index is 538. The molecule has 0 atom stereocenters. The van der Waals surface area contributed by atoms with Crippen LogP contribution in [0.3, 0.4) is 0 Å². The van der Waals surface area contributed by atoms with E-state index in [1.807, 2.05) is 12.1 Å². The van der Waals surface area contributed by atoms with Crippen molar-refractivity contribution in [1.29, 1.82) is 0 Å². The largest absolute Gasteiger partial charge is 0.469 e. The first-order valence-corrected chi connectivity index (χ1v) is 5.55. The summed E-state index contributed by atoms with van der Waals surface area (Å²) in [6.07, 6.45) is 2.37. The van der Waals surface area contributed by atoms with Gasteiger partial charge in [0, 0.05) is 19.0 Å². The Morgan fingerprint density at radius 1 is 1.44 bits per heavy atom. The quantitative estimate of drug-likeness (QED) is 0.648. The molecule has 1 N–H and O–H groups in total. The van der Waals surface area contributed by atoms with Crippen LogP contribution in [0.5, 0.6) is 0 Å². The number of hydrogen-bond donors (Lipinski definition) is 1. The fourth-order valence-electron chi connectivity index (χ4n) is 1.61. The molecule has 18 heavy (non-hydrogen) atoms. The summed E-state index contributed by atoms with van der Waals surface area (Å²) < 4.78 is 5.20. The third-order valence-corrected chi connectivity index (χ3v) is 2.51. The van der Waals surface area contributed by atoms with Gasteiger partial charge in [0.15, 0.2) is 0 Å². The van der Waals surface area contributed by atoms with Crippen LogP contribution in [-0.4, -0.2) is 16.5 Å². The third kappa shape index (κ3) is 2.85. The normalized spacial score (nSPS) is 10.3. The number of nitrogens with one attached hydrogen (secondary N) is 1. The molecular weight excluding hydrogens is 234 g/mol. The maximum absolute atomic E-state index is 10.6. The number of rotatable bonds is 5. The van der Waals surface area contributed by atoms with Gasteiger partial charge < -0.3 is 9.73 Å². The highest BCUT2D eigenvalue weighted by atomic mass is 16.6. The van der Waals surface area contributed by atoms with Crippen molar-refractivity contribution < 1.29 is 9.34 Å². The van der Waals surface area contributed by atoms with Gasteiger partial charge in [0.25, 0.3) is 5.69 Å². The van der Waals surface area contributed by atoms with Crippen LogP contribution in [0, 0.1) is 17.0 Å². The molecule has 2 aromatic rings. The average molecular weight is 247 g/mol. The second kappa shape index (κ2) is 5.31. The summed E-state index contributed by atoms with van der Waals surface area (Å²) in [4.78, 5) is 14.3. The number of aryl methyl sites for hydroxylation is 1. The molecule has 0 bridgehead atoms. The Labute approximate surface area is 104 Å². The van der Waals surface area contributed by atoms with Crippen LogP contribution in [0.2, 0.25) is 0 Å². The molecule has 0 spiro atoms. The minimum absolute atomic E-state index is 0.0339. The van der Waals surface area contributed by atoms with E-state index in [0.717, 1.165) is 12.2 Å². The predicted molar refractivity (Wildman–Crippen MR) is 66.5 cm³/mol. The highest BCUT2D eigenvalue weighted by Gasteiger charge is 2.11. The Morgan fingerprint density at radius 3 is 2.89 bits per heavy atom. The Morgan fingerprint density at radius 2 is 2.28 bits per heavy atom. The zero-order valence-electron chi connectivity index (χ0n) is 9.92. The van der Waals surface area contributed by atoms with Crippen LogP contribution >= 0.6 is 0 Å². The summed E-state index contributed by atoms with van der Waals surface area (Å²) >= 11 is 0. The number of nitrogens with zero attached hydrogens (tertiary/aromatic N) is 2. The molecule has 0 aliphatic heterocycles.